The highest BCUT2D eigenvalue weighted by molar-refractivity contribution is 5.88. The predicted octanol–water partition coefficient (Wildman–Crippen LogP) is 2.80. The molecule has 0 aliphatic rings. The third kappa shape index (κ3) is 2.93. The van der Waals surface area contributed by atoms with Crippen LogP contribution in [0, 0.1) is 6.92 Å². The van der Waals surface area contributed by atoms with Gasteiger partial charge in [-0.3, -0.25) is 0 Å². The Balaban J connectivity index is 1.85. The summed E-state index contributed by atoms with van der Waals surface area (Å²) in [6.07, 6.45) is 0. The number of rotatable bonds is 4. The van der Waals surface area contributed by atoms with Gasteiger partial charge in [-0.25, -0.2) is 15.8 Å². The van der Waals surface area contributed by atoms with Gasteiger partial charge in [0.25, 0.3) is 0 Å². The second-order valence-electron chi connectivity index (χ2n) is 4.72. The number of hydrogen-bond donors (Lipinski definition) is 2. The Morgan fingerprint density at radius 1 is 1.10 bits per heavy atom. The molecule has 0 amide bonds. The zero-order chi connectivity index (χ0) is 14.7. The minimum absolute atomic E-state index is 0.296. The van der Waals surface area contributed by atoms with Crippen LogP contribution in [0.15, 0.2) is 48.5 Å². The van der Waals surface area contributed by atoms with Gasteiger partial charge in [0.2, 0.25) is 0 Å². The molecule has 0 aliphatic heterocycles. The number of ether oxygens (including phenoxy) is 1. The summed E-state index contributed by atoms with van der Waals surface area (Å²) in [5, 5.41) is 2.22. The van der Waals surface area contributed by atoms with Gasteiger partial charge < -0.3 is 10.2 Å². The minimum atomic E-state index is 0.296. The quantitative estimate of drug-likeness (QED) is 0.568. The van der Waals surface area contributed by atoms with Crippen LogP contribution < -0.4 is 16.0 Å². The van der Waals surface area contributed by atoms with Crippen LogP contribution in [-0.4, -0.2) is 9.97 Å². The molecule has 0 bridgehead atoms. The largest absolute Gasteiger partial charge is 0.485 e. The van der Waals surface area contributed by atoms with E-state index >= 15 is 0 Å². The molecule has 0 spiro atoms. The number of nitrogens with two attached hydrogens (primary N) is 1. The Labute approximate surface area is 122 Å². The minimum Gasteiger partial charge on any atom is -0.485 e. The van der Waals surface area contributed by atoms with Crippen LogP contribution >= 0.6 is 0 Å². The van der Waals surface area contributed by atoms with Gasteiger partial charge in [0.15, 0.2) is 5.82 Å². The summed E-state index contributed by atoms with van der Waals surface area (Å²) in [5.41, 5.74) is 3.37. The van der Waals surface area contributed by atoms with Gasteiger partial charge in [0.1, 0.15) is 18.2 Å². The molecule has 3 N–H and O–H groups in total. The number of hydrazine groups is 1. The Kier molecular flexibility index (Phi) is 3.66. The van der Waals surface area contributed by atoms with Crippen LogP contribution in [0.3, 0.4) is 0 Å². The highest BCUT2D eigenvalue weighted by Gasteiger charge is 2.05. The van der Waals surface area contributed by atoms with E-state index in [2.05, 4.69) is 27.5 Å². The van der Waals surface area contributed by atoms with E-state index in [0.717, 1.165) is 22.2 Å². The number of nitrogens with zero attached hydrogens (tertiary/aromatic N) is 2. The number of aryl methyl sites for hydroxylation is 1. The average Bonchev–Trinajstić information content (AvgIpc) is 2.52. The summed E-state index contributed by atoms with van der Waals surface area (Å²) in [7, 11) is 0. The van der Waals surface area contributed by atoms with E-state index in [0.29, 0.717) is 18.2 Å². The number of anilines is 1. The van der Waals surface area contributed by atoms with Gasteiger partial charge in [-0.1, -0.05) is 36.4 Å². The Morgan fingerprint density at radius 2 is 1.90 bits per heavy atom. The van der Waals surface area contributed by atoms with Gasteiger partial charge >= 0.3 is 0 Å². The molecule has 5 nitrogen and oxygen atoms in total. The first kappa shape index (κ1) is 13.3. The maximum absolute atomic E-state index is 5.87. The SMILES string of the molecule is Cc1cc(NN)nc(COc2cccc3ccccc23)n1. The highest BCUT2D eigenvalue weighted by atomic mass is 16.5. The van der Waals surface area contributed by atoms with Gasteiger partial charge in [-0.15, -0.1) is 0 Å². The van der Waals surface area contributed by atoms with E-state index in [1.54, 1.807) is 6.07 Å². The molecular weight excluding hydrogens is 264 g/mol. The number of nitrogen functional groups attached to an aromatic ring is 1. The van der Waals surface area contributed by atoms with Gasteiger partial charge in [-0.2, -0.15) is 0 Å². The molecule has 0 radical (unpaired) electrons. The molecule has 21 heavy (non-hydrogen) atoms. The van der Waals surface area contributed by atoms with Crippen molar-refractivity contribution in [3.63, 3.8) is 0 Å². The fraction of sp³-hybridized carbons (Fsp3) is 0.125. The lowest BCUT2D eigenvalue weighted by Gasteiger charge is -2.10. The lowest BCUT2D eigenvalue weighted by Crippen LogP contribution is -2.12. The lowest BCUT2D eigenvalue weighted by molar-refractivity contribution is 0.299. The van der Waals surface area contributed by atoms with Gasteiger partial charge in [0, 0.05) is 17.1 Å². The van der Waals surface area contributed by atoms with Crippen molar-refractivity contribution in [3.05, 3.63) is 60.0 Å². The van der Waals surface area contributed by atoms with E-state index in [4.69, 9.17) is 10.6 Å². The van der Waals surface area contributed by atoms with E-state index in [-0.39, 0.29) is 0 Å². The Bertz CT molecular complexity index is 768. The molecule has 0 saturated carbocycles. The molecule has 0 atom stereocenters. The molecule has 0 unspecified atom stereocenters. The first-order valence-corrected chi connectivity index (χ1v) is 6.68. The van der Waals surface area contributed by atoms with Crippen LogP contribution in [0.4, 0.5) is 5.82 Å². The van der Waals surface area contributed by atoms with Crippen molar-refractivity contribution >= 4 is 16.6 Å². The van der Waals surface area contributed by atoms with E-state index in [9.17, 15) is 0 Å². The summed E-state index contributed by atoms with van der Waals surface area (Å²) in [5.74, 6) is 7.38. The maximum Gasteiger partial charge on any atom is 0.168 e. The molecule has 0 aliphatic carbocycles. The van der Waals surface area contributed by atoms with Crippen LogP contribution in [0.1, 0.15) is 11.5 Å². The molecule has 1 heterocycles. The molecule has 1 aromatic heterocycles. The van der Waals surface area contributed by atoms with Crippen molar-refractivity contribution in [2.75, 3.05) is 5.43 Å². The van der Waals surface area contributed by atoms with Crippen LogP contribution in [0.2, 0.25) is 0 Å². The summed E-state index contributed by atoms with van der Waals surface area (Å²) in [4.78, 5) is 8.62. The van der Waals surface area contributed by atoms with E-state index in [1.807, 2.05) is 37.3 Å². The Morgan fingerprint density at radius 3 is 2.76 bits per heavy atom. The zero-order valence-corrected chi connectivity index (χ0v) is 11.7. The van der Waals surface area contributed by atoms with Crippen molar-refractivity contribution in [1.82, 2.24) is 9.97 Å². The molecule has 3 rings (SSSR count). The van der Waals surface area contributed by atoms with E-state index < -0.39 is 0 Å². The smallest absolute Gasteiger partial charge is 0.168 e. The number of fused-ring (bicyclic) bond motifs is 1. The zero-order valence-electron chi connectivity index (χ0n) is 11.7. The number of aromatic nitrogens is 2. The number of benzene rings is 2. The van der Waals surface area contributed by atoms with Crippen molar-refractivity contribution in [2.45, 2.75) is 13.5 Å². The molecule has 0 fully saturated rings. The molecule has 5 heteroatoms. The predicted molar refractivity (Wildman–Crippen MR) is 82.9 cm³/mol. The van der Waals surface area contributed by atoms with Crippen molar-refractivity contribution in [1.29, 1.82) is 0 Å². The van der Waals surface area contributed by atoms with E-state index in [1.165, 1.54) is 0 Å². The van der Waals surface area contributed by atoms with Crippen molar-refractivity contribution < 1.29 is 4.74 Å². The standard InChI is InChI=1S/C16H16N4O/c1-11-9-15(20-17)19-16(18-11)10-21-14-8-4-6-12-5-2-3-7-13(12)14/h2-9H,10,17H2,1H3,(H,18,19,20). The normalized spacial score (nSPS) is 10.6. The van der Waals surface area contributed by atoms with Crippen molar-refractivity contribution in [3.8, 4) is 5.75 Å². The monoisotopic (exact) mass is 280 g/mol. The molecule has 2 aromatic carbocycles. The first-order valence-electron chi connectivity index (χ1n) is 6.68. The topological polar surface area (TPSA) is 73.1 Å². The summed E-state index contributed by atoms with van der Waals surface area (Å²) >= 11 is 0. The summed E-state index contributed by atoms with van der Waals surface area (Å²) in [6, 6.07) is 15.9. The maximum atomic E-state index is 5.87. The second kappa shape index (κ2) is 5.76. The first-order chi connectivity index (χ1) is 10.3. The van der Waals surface area contributed by atoms with Crippen LogP contribution in [-0.2, 0) is 6.61 Å². The molecular formula is C16H16N4O. The number of nitrogens with one attached hydrogen (secondary N) is 1. The molecule has 3 aromatic rings. The molecule has 106 valence electrons. The fourth-order valence-electron chi connectivity index (χ4n) is 2.23. The van der Waals surface area contributed by atoms with Gasteiger partial charge in [0.05, 0.1) is 0 Å². The third-order valence-corrected chi connectivity index (χ3v) is 3.15. The Hall–Kier alpha value is -2.66. The highest BCUT2D eigenvalue weighted by Crippen LogP contribution is 2.25. The summed E-state index contributed by atoms with van der Waals surface area (Å²) in [6.45, 7) is 2.19. The number of hydrogen-bond acceptors (Lipinski definition) is 5. The third-order valence-electron chi connectivity index (χ3n) is 3.15. The lowest BCUT2D eigenvalue weighted by atomic mass is 10.1. The molecule has 0 saturated heterocycles. The average molecular weight is 280 g/mol. The van der Waals surface area contributed by atoms with Crippen LogP contribution in [0.5, 0.6) is 5.75 Å². The summed E-state index contributed by atoms with van der Waals surface area (Å²) < 4.78 is 5.87. The fourth-order valence-corrected chi connectivity index (χ4v) is 2.23. The second-order valence-corrected chi connectivity index (χ2v) is 4.72. The van der Waals surface area contributed by atoms with Gasteiger partial charge in [-0.05, 0) is 18.4 Å². The van der Waals surface area contributed by atoms with Crippen LogP contribution in [0.25, 0.3) is 10.8 Å². The van der Waals surface area contributed by atoms with Crippen molar-refractivity contribution in [2.24, 2.45) is 5.84 Å².